The van der Waals surface area contributed by atoms with E-state index in [-0.39, 0.29) is 12.3 Å². The number of nitrogens with one attached hydrogen (secondary N) is 1. The number of carbonyl (C=O) groups excluding carboxylic acids is 1. The molecule has 2 N–H and O–H groups in total. The van der Waals surface area contributed by atoms with Crippen LogP contribution < -0.4 is 5.32 Å². The summed E-state index contributed by atoms with van der Waals surface area (Å²) in [6.45, 7) is 3.55. The Bertz CT molecular complexity index is 388. The molecule has 1 aromatic heterocycles. The number of aliphatic carboxylic acids is 1. The quantitative estimate of drug-likeness (QED) is 0.810. The highest BCUT2D eigenvalue weighted by atomic mass is 32.1. The monoisotopic (exact) mass is 257 g/mol. The molecule has 0 spiro atoms. The van der Waals surface area contributed by atoms with Crippen LogP contribution in [0.2, 0.25) is 0 Å². The van der Waals surface area contributed by atoms with Gasteiger partial charge >= 0.3 is 5.97 Å². The Kier molecular flexibility index (Phi) is 4.56. The van der Waals surface area contributed by atoms with Gasteiger partial charge in [0.05, 0.1) is 11.6 Å². The number of anilines is 1. The topological polar surface area (TPSA) is 92.2 Å². The Labute approximate surface area is 103 Å². The number of carboxylic acid groups (broad SMARTS) is 1. The third kappa shape index (κ3) is 3.23. The van der Waals surface area contributed by atoms with E-state index in [1.807, 2.05) is 0 Å². The zero-order chi connectivity index (χ0) is 12.9. The summed E-state index contributed by atoms with van der Waals surface area (Å²) in [5.74, 6) is -1.25. The van der Waals surface area contributed by atoms with Gasteiger partial charge in [-0.05, 0) is 12.8 Å². The summed E-state index contributed by atoms with van der Waals surface area (Å²) < 4.78 is 3.61. The molecule has 1 heterocycles. The molecule has 0 aliphatic heterocycles. The average molecular weight is 257 g/mol. The van der Waals surface area contributed by atoms with Gasteiger partial charge < -0.3 is 10.4 Å². The van der Waals surface area contributed by atoms with Crippen molar-refractivity contribution in [3.8, 4) is 0 Å². The van der Waals surface area contributed by atoms with Crippen molar-refractivity contribution in [3.63, 3.8) is 0 Å². The number of carbonyl (C=O) groups is 2. The van der Waals surface area contributed by atoms with Crippen LogP contribution in [0.3, 0.4) is 0 Å². The lowest BCUT2D eigenvalue weighted by Gasteiger charge is -2.25. The van der Waals surface area contributed by atoms with Crippen molar-refractivity contribution in [2.75, 3.05) is 5.32 Å². The summed E-state index contributed by atoms with van der Waals surface area (Å²) in [5.41, 5.74) is -0.984. The molecule has 0 atom stereocenters. The molecule has 0 unspecified atom stereocenters. The SMILES string of the molecule is CCC(CC)(CC(=O)Nc1cnns1)C(=O)O. The summed E-state index contributed by atoms with van der Waals surface area (Å²) in [4.78, 5) is 22.9. The number of hydrogen-bond donors (Lipinski definition) is 2. The maximum Gasteiger partial charge on any atom is 0.310 e. The van der Waals surface area contributed by atoms with Crippen LogP contribution in [0, 0.1) is 5.41 Å². The smallest absolute Gasteiger partial charge is 0.310 e. The first-order valence-electron chi connectivity index (χ1n) is 5.34. The average Bonchev–Trinajstić information content (AvgIpc) is 2.78. The molecule has 1 aromatic rings. The first-order valence-corrected chi connectivity index (χ1v) is 6.12. The maximum absolute atomic E-state index is 11.7. The molecule has 6 nitrogen and oxygen atoms in total. The number of aromatic nitrogens is 2. The predicted octanol–water partition coefficient (Wildman–Crippen LogP) is 1.76. The van der Waals surface area contributed by atoms with Gasteiger partial charge in [-0.25, -0.2) is 0 Å². The number of carboxylic acids is 1. The molecule has 0 radical (unpaired) electrons. The Morgan fingerprint density at radius 1 is 1.47 bits per heavy atom. The minimum atomic E-state index is -0.984. The van der Waals surface area contributed by atoms with Gasteiger partial charge in [0.15, 0.2) is 0 Å². The lowest BCUT2D eigenvalue weighted by molar-refractivity contribution is -0.151. The maximum atomic E-state index is 11.7. The second-order valence-electron chi connectivity index (χ2n) is 3.80. The van der Waals surface area contributed by atoms with Gasteiger partial charge in [-0.3, -0.25) is 9.59 Å². The molecule has 1 rings (SSSR count). The molecular weight excluding hydrogens is 242 g/mol. The summed E-state index contributed by atoms with van der Waals surface area (Å²) in [6, 6.07) is 0. The van der Waals surface area contributed by atoms with Gasteiger partial charge in [0.1, 0.15) is 5.00 Å². The van der Waals surface area contributed by atoms with E-state index < -0.39 is 11.4 Å². The lowest BCUT2D eigenvalue weighted by atomic mass is 9.79. The van der Waals surface area contributed by atoms with Crippen LogP contribution in [0.15, 0.2) is 6.20 Å². The highest BCUT2D eigenvalue weighted by Gasteiger charge is 2.37. The molecule has 0 bridgehead atoms. The van der Waals surface area contributed by atoms with E-state index in [2.05, 4.69) is 14.9 Å². The molecular formula is C10H15N3O3S. The van der Waals surface area contributed by atoms with Crippen molar-refractivity contribution in [1.29, 1.82) is 0 Å². The van der Waals surface area contributed by atoms with E-state index in [9.17, 15) is 14.7 Å². The highest BCUT2D eigenvalue weighted by Crippen LogP contribution is 2.31. The molecule has 7 heteroatoms. The van der Waals surface area contributed by atoms with Gasteiger partial charge in [0.25, 0.3) is 0 Å². The van der Waals surface area contributed by atoms with Crippen molar-refractivity contribution < 1.29 is 14.7 Å². The van der Waals surface area contributed by atoms with E-state index in [1.165, 1.54) is 6.20 Å². The predicted molar refractivity (Wildman–Crippen MR) is 63.8 cm³/mol. The van der Waals surface area contributed by atoms with Gasteiger partial charge in [-0.15, -0.1) is 5.10 Å². The summed E-state index contributed by atoms with van der Waals surface area (Å²) in [6.07, 6.45) is 2.25. The minimum Gasteiger partial charge on any atom is -0.481 e. The van der Waals surface area contributed by atoms with Crippen LogP contribution in [0.4, 0.5) is 5.00 Å². The summed E-state index contributed by atoms with van der Waals surface area (Å²) in [5, 5.41) is 15.9. The van der Waals surface area contributed by atoms with Crippen molar-refractivity contribution in [3.05, 3.63) is 6.20 Å². The van der Waals surface area contributed by atoms with Crippen LogP contribution in [-0.2, 0) is 9.59 Å². The van der Waals surface area contributed by atoms with Crippen LogP contribution in [-0.4, -0.2) is 26.6 Å². The van der Waals surface area contributed by atoms with Gasteiger partial charge in [-0.1, -0.05) is 18.3 Å². The van der Waals surface area contributed by atoms with Gasteiger partial charge in [0, 0.05) is 18.0 Å². The van der Waals surface area contributed by atoms with E-state index in [0.29, 0.717) is 17.8 Å². The van der Waals surface area contributed by atoms with E-state index in [0.717, 1.165) is 11.5 Å². The zero-order valence-electron chi connectivity index (χ0n) is 9.77. The summed E-state index contributed by atoms with van der Waals surface area (Å²) >= 11 is 1.06. The fourth-order valence-corrected chi connectivity index (χ4v) is 2.03. The van der Waals surface area contributed by atoms with Gasteiger partial charge in [0.2, 0.25) is 5.91 Å². The second-order valence-corrected chi connectivity index (χ2v) is 4.58. The van der Waals surface area contributed by atoms with Crippen molar-refractivity contribution in [2.45, 2.75) is 33.1 Å². The fourth-order valence-electron chi connectivity index (χ4n) is 1.59. The molecule has 0 saturated carbocycles. The Balaban J connectivity index is 2.68. The first kappa shape index (κ1) is 13.6. The Morgan fingerprint density at radius 3 is 2.53 bits per heavy atom. The molecule has 0 aliphatic rings. The zero-order valence-corrected chi connectivity index (χ0v) is 10.6. The molecule has 0 fully saturated rings. The van der Waals surface area contributed by atoms with Crippen molar-refractivity contribution in [1.82, 2.24) is 9.59 Å². The molecule has 17 heavy (non-hydrogen) atoms. The minimum absolute atomic E-state index is 0.0345. The van der Waals surface area contributed by atoms with E-state index in [1.54, 1.807) is 13.8 Å². The third-order valence-electron chi connectivity index (χ3n) is 2.93. The lowest BCUT2D eigenvalue weighted by Crippen LogP contribution is -2.34. The number of amides is 1. The van der Waals surface area contributed by atoms with Crippen LogP contribution in [0.5, 0.6) is 0 Å². The van der Waals surface area contributed by atoms with Crippen LogP contribution in [0.25, 0.3) is 0 Å². The van der Waals surface area contributed by atoms with Crippen LogP contribution >= 0.6 is 11.5 Å². The largest absolute Gasteiger partial charge is 0.481 e. The fraction of sp³-hybridized carbons (Fsp3) is 0.600. The third-order valence-corrected chi connectivity index (χ3v) is 3.51. The molecule has 0 aliphatic carbocycles. The summed E-state index contributed by atoms with van der Waals surface area (Å²) in [7, 11) is 0. The van der Waals surface area contributed by atoms with E-state index >= 15 is 0 Å². The second kappa shape index (κ2) is 5.72. The van der Waals surface area contributed by atoms with Gasteiger partial charge in [-0.2, -0.15) is 0 Å². The molecule has 94 valence electrons. The number of nitrogens with zero attached hydrogens (tertiary/aromatic N) is 2. The highest BCUT2D eigenvalue weighted by molar-refractivity contribution is 7.10. The number of hydrogen-bond acceptors (Lipinski definition) is 5. The van der Waals surface area contributed by atoms with Crippen molar-refractivity contribution in [2.24, 2.45) is 5.41 Å². The Hall–Kier alpha value is -1.50. The standard InChI is InChI=1S/C10H15N3O3S/c1-3-10(4-2,9(15)16)5-7(14)12-8-6-11-13-17-8/h6H,3-5H2,1-2H3,(H,12,14)(H,15,16). The van der Waals surface area contributed by atoms with E-state index in [4.69, 9.17) is 0 Å². The first-order chi connectivity index (χ1) is 8.04. The van der Waals surface area contributed by atoms with Crippen LogP contribution in [0.1, 0.15) is 33.1 Å². The molecule has 0 aromatic carbocycles. The van der Waals surface area contributed by atoms with Crippen molar-refractivity contribution >= 4 is 28.4 Å². The molecule has 1 amide bonds. The number of rotatable bonds is 6. The Morgan fingerprint density at radius 2 is 2.12 bits per heavy atom. The molecule has 0 saturated heterocycles. The normalized spacial score (nSPS) is 11.2.